The summed E-state index contributed by atoms with van der Waals surface area (Å²) in [5.74, 6) is 0.894. The van der Waals surface area contributed by atoms with Crippen molar-refractivity contribution in [3.05, 3.63) is 0 Å². The molecule has 3 aliphatic heterocycles. The van der Waals surface area contributed by atoms with Crippen molar-refractivity contribution in [1.29, 1.82) is 0 Å². The van der Waals surface area contributed by atoms with Crippen LogP contribution in [0.15, 0.2) is 0 Å². The average molecular weight is 344 g/mol. The van der Waals surface area contributed by atoms with E-state index in [1.807, 2.05) is 0 Å². The third-order valence-electron chi connectivity index (χ3n) is 4.74. The molecule has 24 heavy (non-hydrogen) atoms. The van der Waals surface area contributed by atoms with Crippen LogP contribution < -0.4 is 0 Å². The summed E-state index contributed by atoms with van der Waals surface area (Å²) in [6.07, 6.45) is -1.26. The molecule has 0 saturated carbocycles. The number of hydrogen-bond donors (Lipinski definition) is 0. The molecular weight excluding hydrogens is 312 g/mol. The van der Waals surface area contributed by atoms with Gasteiger partial charge in [0, 0.05) is 17.8 Å². The van der Waals surface area contributed by atoms with Gasteiger partial charge in [0.25, 0.3) is 0 Å². The molecular formula is C18H32O6. The highest BCUT2D eigenvalue weighted by Gasteiger charge is 2.51. The molecule has 0 amide bonds. The van der Waals surface area contributed by atoms with Gasteiger partial charge in [0.05, 0.1) is 13.2 Å². The minimum atomic E-state index is -0.247. The van der Waals surface area contributed by atoms with Gasteiger partial charge in [0.1, 0.15) is 24.4 Å². The van der Waals surface area contributed by atoms with E-state index in [9.17, 15) is 0 Å². The standard InChI is InChI=1S/C18H32O6/c1-9(2)16-19-7-12(21-16)14-15(24-18(23-14)11(5)6)13-8-20-17(22-13)10(3)4/h9-18H,7-8H2,1-6H3/t12-,13+,14-,15-,16?,17?,18?/m1/s1. The molecule has 0 bridgehead atoms. The molecule has 0 aromatic rings. The summed E-state index contributed by atoms with van der Waals surface area (Å²) in [4.78, 5) is 0. The zero-order valence-corrected chi connectivity index (χ0v) is 15.6. The van der Waals surface area contributed by atoms with Crippen LogP contribution in [-0.2, 0) is 28.4 Å². The van der Waals surface area contributed by atoms with E-state index < -0.39 is 0 Å². The third kappa shape index (κ3) is 3.79. The van der Waals surface area contributed by atoms with Crippen LogP contribution in [0.25, 0.3) is 0 Å². The summed E-state index contributed by atoms with van der Waals surface area (Å²) in [5, 5.41) is 0. The van der Waals surface area contributed by atoms with E-state index in [4.69, 9.17) is 28.4 Å². The van der Waals surface area contributed by atoms with Crippen LogP contribution in [0, 0.1) is 17.8 Å². The molecule has 6 nitrogen and oxygen atoms in total. The molecule has 0 aromatic carbocycles. The molecule has 0 radical (unpaired) electrons. The maximum absolute atomic E-state index is 6.19. The molecule has 0 aromatic heterocycles. The normalized spacial score (nSPS) is 43.6. The van der Waals surface area contributed by atoms with Gasteiger partial charge in [-0.15, -0.1) is 0 Å². The van der Waals surface area contributed by atoms with E-state index in [0.29, 0.717) is 25.0 Å². The summed E-state index contributed by atoms with van der Waals surface area (Å²) in [6.45, 7) is 13.6. The van der Waals surface area contributed by atoms with Crippen molar-refractivity contribution in [1.82, 2.24) is 0 Å². The number of ether oxygens (including phenoxy) is 6. The Morgan fingerprint density at radius 3 is 1.21 bits per heavy atom. The van der Waals surface area contributed by atoms with Crippen molar-refractivity contribution >= 4 is 0 Å². The van der Waals surface area contributed by atoms with Crippen LogP contribution in [-0.4, -0.2) is 56.5 Å². The van der Waals surface area contributed by atoms with Crippen LogP contribution in [0.3, 0.4) is 0 Å². The van der Waals surface area contributed by atoms with Gasteiger partial charge in [0.15, 0.2) is 18.9 Å². The highest BCUT2D eigenvalue weighted by atomic mass is 16.8. The van der Waals surface area contributed by atoms with Gasteiger partial charge in [-0.2, -0.15) is 0 Å². The first-order chi connectivity index (χ1) is 11.4. The van der Waals surface area contributed by atoms with E-state index in [0.717, 1.165) is 0 Å². The summed E-state index contributed by atoms with van der Waals surface area (Å²) in [7, 11) is 0. The van der Waals surface area contributed by atoms with Crippen LogP contribution >= 0.6 is 0 Å². The fourth-order valence-corrected chi connectivity index (χ4v) is 3.33. The minimum absolute atomic E-state index is 0.132. The lowest BCUT2D eigenvalue weighted by molar-refractivity contribution is -0.129. The Bertz CT molecular complexity index is 378. The second kappa shape index (κ2) is 7.56. The third-order valence-corrected chi connectivity index (χ3v) is 4.74. The molecule has 3 unspecified atom stereocenters. The molecule has 7 atom stereocenters. The van der Waals surface area contributed by atoms with Crippen molar-refractivity contribution in [2.45, 2.75) is 84.8 Å². The Morgan fingerprint density at radius 2 is 0.917 bits per heavy atom. The Hall–Kier alpha value is -0.240. The summed E-state index contributed by atoms with van der Waals surface area (Å²) < 4.78 is 36.1. The van der Waals surface area contributed by atoms with E-state index >= 15 is 0 Å². The first-order valence-electron chi connectivity index (χ1n) is 9.21. The maximum atomic E-state index is 6.19. The highest BCUT2D eigenvalue weighted by Crippen LogP contribution is 2.36. The Kier molecular flexibility index (Phi) is 5.84. The lowest BCUT2D eigenvalue weighted by Crippen LogP contribution is -2.44. The largest absolute Gasteiger partial charge is 0.350 e. The molecule has 6 heteroatoms. The maximum Gasteiger partial charge on any atom is 0.161 e. The molecule has 0 N–H and O–H groups in total. The van der Waals surface area contributed by atoms with Crippen molar-refractivity contribution in [2.75, 3.05) is 13.2 Å². The number of hydrogen-bond acceptors (Lipinski definition) is 6. The quantitative estimate of drug-likeness (QED) is 0.764. The number of rotatable bonds is 5. The first kappa shape index (κ1) is 18.5. The van der Waals surface area contributed by atoms with Crippen molar-refractivity contribution in [2.24, 2.45) is 17.8 Å². The van der Waals surface area contributed by atoms with Crippen LogP contribution in [0.1, 0.15) is 41.5 Å². The van der Waals surface area contributed by atoms with Gasteiger partial charge < -0.3 is 28.4 Å². The van der Waals surface area contributed by atoms with Crippen molar-refractivity contribution in [3.8, 4) is 0 Å². The predicted octanol–water partition coefficient (Wildman–Crippen LogP) is 2.55. The van der Waals surface area contributed by atoms with Gasteiger partial charge in [-0.05, 0) is 0 Å². The lowest BCUT2D eigenvalue weighted by Gasteiger charge is -2.25. The molecule has 0 aliphatic carbocycles. The van der Waals surface area contributed by atoms with Gasteiger partial charge in [-0.25, -0.2) is 0 Å². The molecule has 140 valence electrons. The van der Waals surface area contributed by atoms with Gasteiger partial charge in [-0.1, -0.05) is 41.5 Å². The van der Waals surface area contributed by atoms with Gasteiger partial charge in [-0.3, -0.25) is 0 Å². The molecule has 0 spiro atoms. The van der Waals surface area contributed by atoms with Crippen molar-refractivity contribution in [3.63, 3.8) is 0 Å². The topological polar surface area (TPSA) is 55.4 Å². The molecule has 3 heterocycles. The Morgan fingerprint density at radius 1 is 0.542 bits per heavy atom. The van der Waals surface area contributed by atoms with E-state index in [1.165, 1.54) is 0 Å². The fraction of sp³-hybridized carbons (Fsp3) is 1.00. The van der Waals surface area contributed by atoms with Crippen molar-refractivity contribution < 1.29 is 28.4 Å². The van der Waals surface area contributed by atoms with E-state index in [2.05, 4.69) is 41.5 Å². The predicted molar refractivity (Wildman–Crippen MR) is 87.3 cm³/mol. The van der Waals surface area contributed by atoms with Gasteiger partial charge >= 0.3 is 0 Å². The molecule has 3 rings (SSSR count). The second-order valence-electron chi connectivity index (χ2n) is 8.05. The van der Waals surface area contributed by atoms with E-state index in [1.54, 1.807) is 0 Å². The van der Waals surface area contributed by atoms with E-state index in [-0.39, 0.29) is 49.2 Å². The Balaban J connectivity index is 1.68. The van der Waals surface area contributed by atoms with Crippen LogP contribution in [0.2, 0.25) is 0 Å². The van der Waals surface area contributed by atoms with Gasteiger partial charge in [0.2, 0.25) is 0 Å². The highest BCUT2D eigenvalue weighted by molar-refractivity contribution is 4.93. The average Bonchev–Trinajstić information content (AvgIpc) is 3.24. The SMILES string of the molecule is CC(C)C1O[C@H]([C@@H]2COC(C(C)C)O2)[C@@H]([C@H]2COC(C(C)C)O2)O1. The molecule has 3 fully saturated rings. The summed E-state index contributed by atoms with van der Waals surface area (Å²) >= 11 is 0. The zero-order valence-electron chi connectivity index (χ0n) is 15.6. The van der Waals surface area contributed by atoms with Crippen LogP contribution in [0.5, 0.6) is 0 Å². The van der Waals surface area contributed by atoms with Crippen LogP contribution in [0.4, 0.5) is 0 Å². The summed E-state index contributed by atoms with van der Waals surface area (Å²) in [5.41, 5.74) is 0. The zero-order chi connectivity index (χ0) is 17.4. The molecule has 3 saturated heterocycles. The molecule has 3 aliphatic rings. The first-order valence-corrected chi connectivity index (χ1v) is 9.21. The fourth-order valence-electron chi connectivity index (χ4n) is 3.33. The lowest BCUT2D eigenvalue weighted by atomic mass is 10.0. The monoisotopic (exact) mass is 344 g/mol. The minimum Gasteiger partial charge on any atom is -0.350 e. The Labute approximate surface area is 145 Å². The summed E-state index contributed by atoms with van der Waals surface area (Å²) in [6, 6.07) is 0. The second-order valence-corrected chi connectivity index (χ2v) is 8.05. The smallest absolute Gasteiger partial charge is 0.161 e.